The van der Waals surface area contributed by atoms with Crippen LogP contribution in [-0.4, -0.2) is 33.0 Å². The number of thioether (sulfide) groups is 1. The maximum absolute atomic E-state index is 12.4. The zero-order valence-electron chi connectivity index (χ0n) is 17.6. The molecule has 0 unspecified atom stereocenters. The van der Waals surface area contributed by atoms with Crippen molar-refractivity contribution in [2.24, 2.45) is 7.05 Å². The normalized spacial score (nSPS) is 10.7. The number of nitrogens with zero attached hydrogens (tertiary/aromatic N) is 3. The van der Waals surface area contributed by atoms with E-state index in [1.165, 1.54) is 11.8 Å². The predicted octanol–water partition coefficient (Wildman–Crippen LogP) is 4.14. The molecule has 1 amide bonds. The molecule has 1 aromatic heterocycles. The SMILES string of the molecule is CCOc1ccccc1NC(=O)CSc1nnc(COc2cc(C)cc(C)c2)n1C. The van der Waals surface area contributed by atoms with Gasteiger partial charge in [0.2, 0.25) is 5.91 Å². The minimum absolute atomic E-state index is 0.136. The molecule has 0 aliphatic heterocycles. The van der Waals surface area contributed by atoms with Gasteiger partial charge in [-0.05, 0) is 56.2 Å². The predicted molar refractivity (Wildman–Crippen MR) is 118 cm³/mol. The van der Waals surface area contributed by atoms with Crippen LogP contribution in [0.5, 0.6) is 11.5 Å². The van der Waals surface area contributed by atoms with Crippen molar-refractivity contribution in [2.75, 3.05) is 17.7 Å². The lowest BCUT2D eigenvalue weighted by molar-refractivity contribution is -0.113. The number of hydrogen-bond donors (Lipinski definition) is 1. The number of carbonyl (C=O) groups is 1. The molecule has 158 valence electrons. The lowest BCUT2D eigenvalue weighted by Gasteiger charge is -2.11. The van der Waals surface area contributed by atoms with Crippen molar-refractivity contribution in [3.8, 4) is 11.5 Å². The van der Waals surface area contributed by atoms with Gasteiger partial charge in [0.1, 0.15) is 18.1 Å². The van der Waals surface area contributed by atoms with E-state index >= 15 is 0 Å². The minimum atomic E-state index is -0.136. The van der Waals surface area contributed by atoms with E-state index in [1.807, 2.05) is 68.8 Å². The number of benzene rings is 2. The number of ether oxygens (including phenoxy) is 2. The van der Waals surface area contributed by atoms with Gasteiger partial charge < -0.3 is 19.4 Å². The first-order valence-corrected chi connectivity index (χ1v) is 10.7. The smallest absolute Gasteiger partial charge is 0.234 e. The molecule has 0 saturated carbocycles. The third-order valence-electron chi connectivity index (χ3n) is 4.28. The number of para-hydroxylation sites is 2. The molecule has 0 aliphatic carbocycles. The summed E-state index contributed by atoms with van der Waals surface area (Å²) in [7, 11) is 1.87. The molecule has 8 heteroatoms. The molecule has 3 rings (SSSR count). The number of nitrogens with one attached hydrogen (secondary N) is 1. The molecular weight excluding hydrogens is 400 g/mol. The van der Waals surface area contributed by atoms with Crippen LogP contribution in [0.1, 0.15) is 23.9 Å². The van der Waals surface area contributed by atoms with Crippen molar-refractivity contribution in [3.63, 3.8) is 0 Å². The van der Waals surface area contributed by atoms with Gasteiger partial charge in [0.25, 0.3) is 0 Å². The van der Waals surface area contributed by atoms with E-state index in [0.29, 0.717) is 35.6 Å². The summed E-state index contributed by atoms with van der Waals surface area (Å²) < 4.78 is 13.2. The highest BCUT2D eigenvalue weighted by molar-refractivity contribution is 7.99. The van der Waals surface area contributed by atoms with E-state index in [4.69, 9.17) is 9.47 Å². The highest BCUT2D eigenvalue weighted by Gasteiger charge is 2.13. The molecule has 0 aliphatic rings. The van der Waals surface area contributed by atoms with Gasteiger partial charge in [0, 0.05) is 7.05 Å². The third kappa shape index (κ3) is 5.76. The highest BCUT2D eigenvalue weighted by atomic mass is 32.2. The van der Waals surface area contributed by atoms with Crippen molar-refractivity contribution >= 4 is 23.4 Å². The molecule has 0 bridgehead atoms. The number of aromatic nitrogens is 3. The summed E-state index contributed by atoms with van der Waals surface area (Å²) in [4.78, 5) is 12.4. The number of aryl methyl sites for hydroxylation is 2. The van der Waals surface area contributed by atoms with E-state index < -0.39 is 0 Å². The Hall–Kier alpha value is -3.00. The molecule has 0 saturated heterocycles. The largest absolute Gasteiger partial charge is 0.492 e. The van der Waals surface area contributed by atoms with Gasteiger partial charge in [-0.25, -0.2) is 0 Å². The second kappa shape index (κ2) is 10.2. The first kappa shape index (κ1) is 21.7. The number of carbonyl (C=O) groups excluding carboxylic acids is 1. The lowest BCUT2D eigenvalue weighted by atomic mass is 10.1. The molecule has 0 radical (unpaired) electrons. The van der Waals surface area contributed by atoms with Crippen LogP contribution in [0.15, 0.2) is 47.6 Å². The van der Waals surface area contributed by atoms with Crippen LogP contribution in [0.3, 0.4) is 0 Å². The van der Waals surface area contributed by atoms with Crippen LogP contribution >= 0.6 is 11.8 Å². The fraction of sp³-hybridized carbons (Fsp3) is 0.318. The van der Waals surface area contributed by atoms with Crippen molar-refractivity contribution in [1.82, 2.24) is 14.8 Å². The van der Waals surface area contributed by atoms with Gasteiger partial charge in [-0.2, -0.15) is 0 Å². The third-order valence-corrected chi connectivity index (χ3v) is 5.30. The Morgan fingerprint density at radius 3 is 2.57 bits per heavy atom. The Morgan fingerprint density at radius 2 is 1.83 bits per heavy atom. The molecule has 2 aromatic carbocycles. The van der Waals surface area contributed by atoms with E-state index in [9.17, 15) is 4.79 Å². The molecule has 0 atom stereocenters. The summed E-state index contributed by atoms with van der Waals surface area (Å²) in [5, 5.41) is 11.9. The first-order chi connectivity index (χ1) is 14.5. The average Bonchev–Trinajstić information content (AvgIpc) is 3.05. The number of anilines is 1. The summed E-state index contributed by atoms with van der Waals surface area (Å²) in [5.41, 5.74) is 2.96. The molecule has 1 N–H and O–H groups in total. The van der Waals surface area contributed by atoms with Gasteiger partial charge >= 0.3 is 0 Å². The molecule has 0 fully saturated rings. The molecule has 3 aromatic rings. The second-order valence-electron chi connectivity index (χ2n) is 6.84. The minimum Gasteiger partial charge on any atom is -0.492 e. The van der Waals surface area contributed by atoms with Gasteiger partial charge in [0.05, 0.1) is 18.0 Å². The van der Waals surface area contributed by atoms with Crippen LogP contribution in [0, 0.1) is 13.8 Å². The Kier molecular flexibility index (Phi) is 7.35. The molecule has 30 heavy (non-hydrogen) atoms. The summed E-state index contributed by atoms with van der Waals surface area (Å²) in [6.07, 6.45) is 0. The van der Waals surface area contributed by atoms with Gasteiger partial charge in [0.15, 0.2) is 11.0 Å². The van der Waals surface area contributed by atoms with Crippen LogP contribution in [-0.2, 0) is 18.4 Å². The summed E-state index contributed by atoms with van der Waals surface area (Å²) in [6.45, 7) is 6.82. The highest BCUT2D eigenvalue weighted by Crippen LogP contribution is 2.24. The standard InChI is InChI=1S/C22H26N4O3S/c1-5-28-19-9-7-6-8-18(19)23-21(27)14-30-22-25-24-20(26(22)4)13-29-17-11-15(2)10-16(3)12-17/h6-12H,5,13-14H2,1-4H3,(H,23,27). The van der Waals surface area contributed by atoms with E-state index in [-0.39, 0.29) is 11.7 Å². The number of hydrogen-bond acceptors (Lipinski definition) is 6. The van der Waals surface area contributed by atoms with Crippen molar-refractivity contribution in [2.45, 2.75) is 32.5 Å². The first-order valence-electron chi connectivity index (χ1n) is 9.70. The maximum Gasteiger partial charge on any atom is 0.234 e. The summed E-state index contributed by atoms with van der Waals surface area (Å²) >= 11 is 1.32. The quantitative estimate of drug-likeness (QED) is 0.518. The fourth-order valence-electron chi connectivity index (χ4n) is 2.93. The van der Waals surface area contributed by atoms with E-state index in [2.05, 4.69) is 21.6 Å². The monoisotopic (exact) mass is 426 g/mol. The Balaban J connectivity index is 1.55. The van der Waals surface area contributed by atoms with Gasteiger partial charge in [-0.3, -0.25) is 4.79 Å². The lowest BCUT2D eigenvalue weighted by Crippen LogP contribution is -2.15. The Labute approximate surface area is 180 Å². The number of amides is 1. The van der Waals surface area contributed by atoms with Crippen LogP contribution in [0.4, 0.5) is 5.69 Å². The van der Waals surface area contributed by atoms with E-state index in [1.54, 1.807) is 0 Å². The van der Waals surface area contributed by atoms with Crippen molar-refractivity contribution in [3.05, 3.63) is 59.4 Å². The Morgan fingerprint density at radius 1 is 1.10 bits per heavy atom. The average molecular weight is 427 g/mol. The van der Waals surface area contributed by atoms with Crippen LogP contribution in [0.2, 0.25) is 0 Å². The van der Waals surface area contributed by atoms with Crippen molar-refractivity contribution in [1.29, 1.82) is 0 Å². The molecule has 1 heterocycles. The Bertz CT molecular complexity index is 999. The van der Waals surface area contributed by atoms with Gasteiger partial charge in [-0.15, -0.1) is 10.2 Å². The summed E-state index contributed by atoms with van der Waals surface area (Å²) in [6, 6.07) is 13.5. The van der Waals surface area contributed by atoms with Crippen LogP contribution < -0.4 is 14.8 Å². The molecule has 0 spiro atoms. The maximum atomic E-state index is 12.4. The second-order valence-corrected chi connectivity index (χ2v) is 7.78. The van der Waals surface area contributed by atoms with Crippen LogP contribution in [0.25, 0.3) is 0 Å². The van der Waals surface area contributed by atoms with Gasteiger partial charge in [-0.1, -0.05) is 30.0 Å². The van der Waals surface area contributed by atoms with E-state index in [0.717, 1.165) is 16.9 Å². The number of rotatable bonds is 9. The molecule has 7 nitrogen and oxygen atoms in total. The fourth-order valence-corrected chi connectivity index (χ4v) is 3.66. The van der Waals surface area contributed by atoms with Crippen molar-refractivity contribution < 1.29 is 14.3 Å². The summed E-state index contributed by atoms with van der Waals surface area (Å²) in [5.74, 6) is 2.23. The zero-order chi connectivity index (χ0) is 21.5. The topological polar surface area (TPSA) is 78.3 Å². The molecular formula is C22H26N4O3S. The zero-order valence-corrected chi connectivity index (χ0v) is 18.5.